The molecule has 0 saturated heterocycles. The highest BCUT2D eigenvalue weighted by Crippen LogP contribution is 2.38. The third-order valence-electron chi connectivity index (χ3n) is 3.00. The Kier molecular flexibility index (Phi) is 5.40. The molecule has 0 bridgehead atoms. The monoisotopic (exact) mass is 354 g/mol. The summed E-state index contributed by atoms with van der Waals surface area (Å²) < 4.78 is 6.37. The van der Waals surface area contributed by atoms with Crippen LogP contribution in [0.4, 0.5) is 0 Å². The highest BCUT2D eigenvalue weighted by Gasteiger charge is 2.20. The first-order chi connectivity index (χ1) is 9.67. The Hall–Kier alpha value is -1.10. The van der Waals surface area contributed by atoms with Crippen molar-refractivity contribution in [3.8, 4) is 5.75 Å². The van der Waals surface area contributed by atoms with Crippen LogP contribution in [0.25, 0.3) is 0 Å². The van der Waals surface area contributed by atoms with Crippen molar-refractivity contribution in [1.82, 2.24) is 10.3 Å². The summed E-state index contributed by atoms with van der Waals surface area (Å²) in [5, 5.41) is 4.13. The average Bonchev–Trinajstić information content (AvgIpc) is 2.45. The summed E-state index contributed by atoms with van der Waals surface area (Å²) in [7, 11) is 1.66. The number of nitrogens with zero attached hydrogens (tertiary/aromatic N) is 1. The van der Waals surface area contributed by atoms with Crippen LogP contribution in [0.5, 0.6) is 5.75 Å². The van der Waals surface area contributed by atoms with Crippen molar-refractivity contribution in [3.05, 3.63) is 57.3 Å². The predicted molar refractivity (Wildman–Crippen MR) is 85.5 cm³/mol. The molecule has 0 aliphatic heterocycles. The molecule has 1 aromatic carbocycles. The van der Waals surface area contributed by atoms with Gasteiger partial charge in [0.2, 0.25) is 0 Å². The third kappa shape index (κ3) is 3.32. The fourth-order valence-electron chi connectivity index (χ4n) is 2.18. The molecule has 0 radical (unpaired) electrons. The third-order valence-corrected chi connectivity index (χ3v) is 3.81. The molecule has 1 unspecified atom stereocenters. The summed E-state index contributed by atoms with van der Waals surface area (Å²) in [6.45, 7) is 2.90. The normalized spacial score (nSPS) is 12.2. The van der Waals surface area contributed by atoms with Crippen LogP contribution in [0.15, 0.2) is 41.1 Å². The molecular formula is C15H16BrClN2O. The maximum Gasteiger partial charge on any atom is 0.138 e. The lowest BCUT2D eigenvalue weighted by Gasteiger charge is -2.22. The molecule has 2 rings (SSSR count). The van der Waals surface area contributed by atoms with Gasteiger partial charge in [-0.15, -0.1) is 0 Å². The highest BCUT2D eigenvalue weighted by atomic mass is 79.9. The summed E-state index contributed by atoms with van der Waals surface area (Å²) in [5.41, 5.74) is 2.12. The smallest absolute Gasteiger partial charge is 0.138 e. The van der Waals surface area contributed by atoms with Gasteiger partial charge in [-0.25, -0.2) is 0 Å². The van der Waals surface area contributed by atoms with Crippen molar-refractivity contribution in [2.75, 3.05) is 13.7 Å². The fourth-order valence-corrected chi connectivity index (χ4v) is 3.17. The summed E-state index contributed by atoms with van der Waals surface area (Å²) in [6, 6.07) is 7.74. The van der Waals surface area contributed by atoms with Crippen LogP contribution in [0.2, 0.25) is 5.02 Å². The molecule has 106 valence electrons. The van der Waals surface area contributed by atoms with E-state index in [1.807, 2.05) is 24.3 Å². The van der Waals surface area contributed by atoms with E-state index in [2.05, 4.69) is 33.2 Å². The summed E-state index contributed by atoms with van der Waals surface area (Å²) in [5.74, 6) is 0.789. The Morgan fingerprint density at radius 3 is 2.65 bits per heavy atom. The van der Waals surface area contributed by atoms with Crippen LogP contribution >= 0.6 is 27.5 Å². The zero-order chi connectivity index (χ0) is 14.5. The lowest BCUT2D eigenvalue weighted by atomic mass is 9.98. The maximum atomic E-state index is 6.19. The molecule has 20 heavy (non-hydrogen) atoms. The minimum atomic E-state index is 0.00736. The molecule has 0 fully saturated rings. The zero-order valence-corrected chi connectivity index (χ0v) is 13.7. The Bertz CT molecular complexity index is 578. The molecule has 0 aliphatic carbocycles. The number of hydrogen-bond acceptors (Lipinski definition) is 3. The van der Waals surface area contributed by atoms with Gasteiger partial charge in [0.25, 0.3) is 0 Å². The molecule has 0 spiro atoms. The summed E-state index contributed by atoms with van der Waals surface area (Å²) >= 11 is 9.69. The van der Waals surface area contributed by atoms with Gasteiger partial charge in [0.15, 0.2) is 0 Å². The van der Waals surface area contributed by atoms with Gasteiger partial charge in [0, 0.05) is 23.0 Å². The molecular weight excluding hydrogens is 340 g/mol. The van der Waals surface area contributed by atoms with Crippen LogP contribution < -0.4 is 10.1 Å². The van der Waals surface area contributed by atoms with Gasteiger partial charge >= 0.3 is 0 Å². The van der Waals surface area contributed by atoms with Crippen molar-refractivity contribution < 1.29 is 4.74 Å². The predicted octanol–water partition coefficient (Wildman–Crippen LogP) is 4.21. The first-order valence-corrected chi connectivity index (χ1v) is 7.50. The van der Waals surface area contributed by atoms with Gasteiger partial charge < -0.3 is 10.1 Å². The lowest BCUT2D eigenvalue weighted by molar-refractivity contribution is 0.401. The number of ether oxygens (including phenoxy) is 1. The number of nitrogens with one attached hydrogen (secondary N) is 1. The largest absolute Gasteiger partial charge is 0.495 e. The lowest BCUT2D eigenvalue weighted by Crippen LogP contribution is -2.22. The van der Waals surface area contributed by atoms with E-state index in [0.717, 1.165) is 27.9 Å². The first kappa shape index (κ1) is 15.3. The van der Waals surface area contributed by atoms with Gasteiger partial charge in [-0.2, -0.15) is 0 Å². The van der Waals surface area contributed by atoms with E-state index in [0.29, 0.717) is 5.02 Å². The van der Waals surface area contributed by atoms with E-state index in [1.165, 1.54) is 0 Å². The molecule has 2 aromatic rings. The van der Waals surface area contributed by atoms with E-state index in [1.54, 1.807) is 19.5 Å². The molecule has 1 N–H and O–H groups in total. The second-order valence-corrected chi connectivity index (χ2v) is 5.57. The SMILES string of the molecule is CCNC(c1ccncc1)c1cc(Cl)cc(Br)c1OC. The Morgan fingerprint density at radius 1 is 1.35 bits per heavy atom. The fraction of sp³-hybridized carbons (Fsp3) is 0.267. The number of pyridine rings is 1. The van der Waals surface area contributed by atoms with Gasteiger partial charge in [-0.05, 0) is 52.3 Å². The quantitative estimate of drug-likeness (QED) is 0.872. The minimum absolute atomic E-state index is 0.00736. The molecule has 3 nitrogen and oxygen atoms in total. The average molecular weight is 356 g/mol. The number of halogens is 2. The van der Waals surface area contributed by atoms with Crippen molar-refractivity contribution in [3.63, 3.8) is 0 Å². The van der Waals surface area contributed by atoms with Gasteiger partial charge in [-0.1, -0.05) is 18.5 Å². The standard InChI is InChI=1S/C15H16BrClN2O/c1-3-19-14(10-4-6-18-7-5-10)12-8-11(17)9-13(16)15(12)20-2/h4-9,14,19H,3H2,1-2H3. The van der Waals surface area contributed by atoms with Crippen LogP contribution in [0.1, 0.15) is 24.1 Å². The highest BCUT2D eigenvalue weighted by molar-refractivity contribution is 9.10. The minimum Gasteiger partial charge on any atom is -0.495 e. The molecule has 0 saturated carbocycles. The number of hydrogen-bond donors (Lipinski definition) is 1. The molecule has 1 atom stereocenters. The van der Waals surface area contributed by atoms with Crippen molar-refractivity contribution in [1.29, 1.82) is 0 Å². The second kappa shape index (κ2) is 7.07. The summed E-state index contributed by atoms with van der Waals surface area (Å²) in [4.78, 5) is 4.06. The topological polar surface area (TPSA) is 34.2 Å². The summed E-state index contributed by atoms with van der Waals surface area (Å²) in [6.07, 6.45) is 3.57. The Balaban J connectivity index is 2.55. The van der Waals surface area contributed by atoms with Gasteiger partial charge in [-0.3, -0.25) is 4.98 Å². The molecule has 0 aliphatic rings. The molecule has 0 amide bonds. The number of aromatic nitrogens is 1. The van der Waals surface area contributed by atoms with E-state index in [9.17, 15) is 0 Å². The number of rotatable bonds is 5. The van der Waals surface area contributed by atoms with Gasteiger partial charge in [0.05, 0.1) is 17.6 Å². The van der Waals surface area contributed by atoms with Gasteiger partial charge in [0.1, 0.15) is 5.75 Å². The van der Waals surface area contributed by atoms with Crippen molar-refractivity contribution in [2.24, 2.45) is 0 Å². The van der Waals surface area contributed by atoms with Crippen molar-refractivity contribution in [2.45, 2.75) is 13.0 Å². The molecule has 1 aromatic heterocycles. The Morgan fingerprint density at radius 2 is 2.05 bits per heavy atom. The first-order valence-electron chi connectivity index (χ1n) is 6.33. The van der Waals surface area contributed by atoms with Crippen molar-refractivity contribution >= 4 is 27.5 Å². The maximum absolute atomic E-state index is 6.19. The van der Waals surface area contributed by atoms with Crippen LogP contribution in [-0.4, -0.2) is 18.6 Å². The second-order valence-electron chi connectivity index (χ2n) is 4.28. The number of methoxy groups -OCH3 is 1. The van der Waals surface area contributed by atoms with E-state index < -0.39 is 0 Å². The zero-order valence-electron chi connectivity index (χ0n) is 11.4. The number of benzene rings is 1. The molecule has 5 heteroatoms. The molecule has 1 heterocycles. The van der Waals surface area contributed by atoms with E-state index in [4.69, 9.17) is 16.3 Å². The van der Waals surface area contributed by atoms with Crippen LogP contribution in [0.3, 0.4) is 0 Å². The van der Waals surface area contributed by atoms with Crippen LogP contribution in [-0.2, 0) is 0 Å². The van der Waals surface area contributed by atoms with E-state index >= 15 is 0 Å². The van der Waals surface area contributed by atoms with Crippen LogP contribution in [0, 0.1) is 0 Å². The van der Waals surface area contributed by atoms with E-state index in [-0.39, 0.29) is 6.04 Å². The Labute approximate surface area is 132 Å².